The third-order valence-electron chi connectivity index (χ3n) is 4.62. The molecule has 0 aliphatic carbocycles. The van der Waals surface area contributed by atoms with E-state index in [1.165, 1.54) is 0 Å². The van der Waals surface area contributed by atoms with E-state index in [0.717, 1.165) is 22.7 Å². The lowest BCUT2D eigenvalue weighted by molar-refractivity contribution is 0.208. The molecule has 1 N–H and O–H groups in total. The molecule has 0 aliphatic rings. The molecule has 1 aromatic heterocycles. The average molecular weight is 412 g/mol. The topological polar surface area (TPSA) is 46.5 Å². The maximum atomic E-state index is 12.9. The molecular weight excluding hydrogens is 386 g/mol. The van der Waals surface area contributed by atoms with Crippen molar-refractivity contribution in [3.63, 3.8) is 0 Å². The van der Waals surface area contributed by atoms with Gasteiger partial charge in [-0.15, -0.1) is 0 Å². The van der Waals surface area contributed by atoms with Crippen molar-refractivity contribution in [2.24, 2.45) is 0 Å². The smallest absolute Gasteiger partial charge is 0.322 e. The molecule has 29 heavy (non-hydrogen) atoms. The summed E-state index contributed by atoms with van der Waals surface area (Å²) in [6.07, 6.45) is 2.90. The number of hydrogen-bond acceptors (Lipinski definition) is 2. The molecule has 0 spiro atoms. The highest BCUT2D eigenvalue weighted by atomic mass is 35.5. The molecule has 6 heteroatoms. The molecule has 0 fully saturated rings. The first-order chi connectivity index (χ1) is 14.1. The van der Waals surface area contributed by atoms with E-state index in [0.29, 0.717) is 31.1 Å². The molecule has 2 amide bonds. The molecule has 0 aliphatic heterocycles. The zero-order valence-electron chi connectivity index (χ0n) is 16.8. The first kappa shape index (κ1) is 20.8. The van der Waals surface area contributed by atoms with Gasteiger partial charge < -0.3 is 19.5 Å². The van der Waals surface area contributed by atoms with Crippen LogP contribution in [-0.2, 0) is 13.1 Å². The molecule has 0 atom stereocenters. The number of halogens is 1. The van der Waals surface area contributed by atoms with Gasteiger partial charge in [0.1, 0.15) is 5.75 Å². The lowest BCUT2D eigenvalue weighted by atomic mass is 10.2. The molecule has 3 aromatic rings. The molecule has 5 nitrogen and oxygen atoms in total. The Morgan fingerprint density at radius 2 is 1.97 bits per heavy atom. The number of urea groups is 1. The Morgan fingerprint density at radius 3 is 2.72 bits per heavy atom. The van der Waals surface area contributed by atoms with Gasteiger partial charge in [0.15, 0.2) is 0 Å². The summed E-state index contributed by atoms with van der Waals surface area (Å²) in [4.78, 5) is 14.7. The van der Waals surface area contributed by atoms with Gasteiger partial charge in [-0.25, -0.2) is 4.79 Å². The van der Waals surface area contributed by atoms with E-state index in [4.69, 9.17) is 16.3 Å². The third kappa shape index (κ3) is 5.78. The Morgan fingerprint density at radius 1 is 1.14 bits per heavy atom. The fourth-order valence-corrected chi connectivity index (χ4v) is 3.41. The fraction of sp³-hybridized carbons (Fsp3) is 0.261. The van der Waals surface area contributed by atoms with Crippen LogP contribution in [0, 0.1) is 0 Å². The van der Waals surface area contributed by atoms with E-state index in [1.54, 1.807) is 7.11 Å². The van der Waals surface area contributed by atoms with Crippen LogP contribution in [0.5, 0.6) is 5.75 Å². The van der Waals surface area contributed by atoms with Crippen molar-refractivity contribution in [3.8, 4) is 5.75 Å². The Balaban J connectivity index is 1.72. The van der Waals surface area contributed by atoms with Crippen LogP contribution in [0.2, 0.25) is 5.02 Å². The molecule has 1 heterocycles. The summed E-state index contributed by atoms with van der Waals surface area (Å²) in [6, 6.07) is 19.1. The minimum Gasteiger partial charge on any atom is -0.497 e. The first-order valence-corrected chi connectivity index (χ1v) is 10.0. The van der Waals surface area contributed by atoms with Gasteiger partial charge in [-0.3, -0.25) is 0 Å². The number of nitrogens with one attached hydrogen (secondary N) is 1. The van der Waals surface area contributed by atoms with Gasteiger partial charge in [0.05, 0.1) is 13.7 Å². The van der Waals surface area contributed by atoms with Gasteiger partial charge in [-0.2, -0.15) is 0 Å². The Labute approximate surface area is 176 Å². The van der Waals surface area contributed by atoms with Crippen molar-refractivity contribution in [1.29, 1.82) is 0 Å². The van der Waals surface area contributed by atoms with Crippen molar-refractivity contribution in [2.45, 2.75) is 26.4 Å². The Hall–Kier alpha value is -2.92. The molecule has 0 saturated carbocycles. The molecule has 0 unspecified atom stereocenters. The second-order valence-corrected chi connectivity index (χ2v) is 7.28. The van der Waals surface area contributed by atoms with Crippen LogP contribution in [0.1, 0.15) is 24.6 Å². The number of amides is 2. The first-order valence-electron chi connectivity index (χ1n) is 9.67. The highest BCUT2D eigenvalue weighted by molar-refractivity contribution is 6.30. The SMILES string of the molecule is CCCN(Cc1cccn1Cc1cccc(Cl)c1)C(=O)Nc1cccc(OC)c1. The number of ether oxygens (including phenoxy) is 1. The monoisotopic (exact) mass is 411 g/mol. The summed E-state index contributed by atoms with van der Waals surface area (Å²) in [5.41, 5.74) is 2.90. The third-order valence-corrected chi connectivity index (χ3v) is 4.86. The van der Waals surface area contributed by atoms with Crippen molar-refractivity contribution in [3.05, 3.63) is 83.1 Å². The number of aromatic nitrogens is 1. The van der Waals surface area contributed by atoms with Crippen LogP contribution in [0.3, 0.4) is 0 Å². The van der Waals surface area contributed by atoms with Gasteiger partial charge in [-0.05, 0) is 48.4 Å². The summed E-state index contributed by atoms with van der Waals surface area (Å²) in [7, 11) is 1.61. The highest BCUT2D eigenvalue weighted by Gasteiger charge is 2.15. The van der Waals surface area contributed by atoms with E-state index in [2.05, 4.69) is 22.9 Å². The zero-order chi connectivity index (χ0) is 20.6. The van der Waals surface area contributed by atoms with Crippen molar-refractivity contribution in [2.75, 3.05) is 19.0 Å². The van der Waals surface area contributed by atoms with Gasteiger partial charge in [0.2, 0.25) is 0 Å². The summed E-state index contributed by atoms with van der Waals surface area (Å²) in [6.45, 7) is 3.96. The number of hydrogen-bond donors (Lipinski definition) is 1. The van der Waals surface area contributed by atoms with E-state index in [9.17, 15) is 4.79 Å². The van der Waals surface area contributed by atoms with Crippen LogP contribution < -0.4 is 10.1 Å². The summed E-state index contributed by atoms with van der Waals surface area (Å²) < 4.78 is 7.38. The van der Waals surface area contributed by atoms with Gasteiger partial charge in [0.25, 0.3) is 0 Å². The second kappa shape index (κ2) is 10.0. The average Bonchev–Trinajstić information content (AvgIpc) is 3.14. The number of methoxy groups -OCH3 is 1. The van der Waals surface area contributed by atoms with E-state index < -0.39 is 0 Å². The normalized spacial score (nSPS) is 10.6. The van der Waals surface area contributed by atoms with Crippen LogP contribution in [0.15, 0.2) is 66.9 Å². The fourth-order valence-electron chi connectivity index (χ4n) is 3.20. The summed E-state index contributed by atoms with van der Waals surface area (Å²) in [5, 5.41) is 3.69. The van der Waals surface area contributed by atoms with Gasteiger partial charge in [0, 0.05) is 41.8 Å². The van der Waals surface area contributed by atoms with E-state index in [1.807, 2.05) is 65.7 Å². The quantitative estimate of drug-likeness (QED) is 0.521. The predicted molar refractivity (Wildman–Crippen MR) is 118 cm³/mol. The predicted octanol–water partition coefficient (Wildman–Crippen LogP) is 5.64. The Bertz CT molecular complexity index is 955. The number of anilines is 1. The van der Waals surface area contributed by atoms with Crippen LogP contribution in [-0.4, -0.2) is 29.2 Å². The second-order valence-electron chi connectivity index (χ2n) is 6.84. The van der Waals surface area contributed by atoms with Crippen LogP contribution in [0.25, 0.3) is 0 Å². The lowest BCUT2D eigenvalue weighted by Crippen LogP contribution is -2.35. The van der Waals surface area contributed by atoms with Gasteiger partial charge >= 0.3 is 6.03 Å². The molecule has 0 saturated heterocycles. The Kier molecular flexibility index (Phi) is 7.19. The van der Waals surface area contributed by atoms with E-state index >= 15 is 0 Å². The number of carbonyl (C=O) groups is 1. The minimum atomic E-state index is -0.129. The number of rotatable bonds is 8. The molecule has 3 rings (SSSR count). The largest absolute Gasteiger partial charge is 0.497 e. The van der Waals surface area contributed by atoms with Crippen molar-refractivity contribution in [1.82, 2.24) is 9.47 Å². The zero-order valence-corrected chi connectivity index (χ0v) is 17.5. The van der Waals surface area contributed by atoms with Gasteiger partial charge in [-0.1, -0.05) is 36.7 Å². The summed E-state index contributed by atoms with van der Waals surface area (Å²) in [5.74, 6) is 0.709. The molecule has 0 radical (unpaired) electrons. The molecular formula is C23H26ClN3O2. The molecule has 0 bridgehead atoms. The van der Waals surface area contributed by atoms with Crippen molar-refractivity contribution < 1.29 is 9.53 Å². The molecule has 2 aromatic carbocycles. The lowest BCUT2D eigenvalue weighted by Gasteiger charge is -2.23. The highest BCUT2D eigenvalue weighted by Crippen LogP contribution is 2.18. The minimum absolute atomic E-state index is 0.129. The number of nitrogens with zero attached hydrogens (tertiary/aromatic N) is 2. The van der Waals surface area contributed by atoms with E-state index in [-0.39, 0.29) is 6.03 Å². The maximum Gasteiger partial charge on any atom is 0.322 e. The maximum absolute atomic E-state index is 12.9. The van der Waals surface area contributed by atoms with Crippen LogP contribution in [0.4, 0.5) is 10.5 Å². The summed E-state index contributed by atoms with van der Waals surface area (Å²) >= 11 is 6.11. The van der Waals surface area contributed by atoms with Crippen LogP contribution >= 0.6 is 11.6 Å². The number of carbonyl (C=O) groups excluding carboxylic acids is 1. The van der Waals surface area contributed by atoms with Crippen molar-refractivity contribution >= 4 is 23.3 Å². The molecule has 152 valence electrons. The number of benzene rings is 2. The standard InChI is InChI=1S/C23H26ClN3O2/c1-3-12-27(23(28)25-20-9-5-11-22(15-20)29-2)17-21-10-6-13-26(21)16-18-7-4-8-19(24)14-18/h4-11,13-15H,3,12,16-17H2,1-2H3,(H,25,28).